The lowest BCUT2D eigenvalue weighted by Gasteiger charge is -2.19. The van der Waals surface area contributed by atoms with Gasteiger partial charge in [-0.1, -0.05) is 71.0 Å². The zero-order valence-corrected chi connectivity index (χ0v) is 41.8. The topological polar surface area (TPSA) is 289 Å². The Hall–Kier alpha value is -7.05. The van der Waals surface area contributed by atoms with Crippen LogP contribution >= 0.6 is 34.3 Å². The molecule has 0 bridgehead atoms. The lowest BCUT2D eigenvalue weighted by atomic mass is 10.2. The summed E-state index contributed by atoms with van der Waals surface area (Å²) >= 11 is 7.21. The Morgan fingerprint density at radius 3 is 1.46 bits per heavy atom. The van der Waals surface area contributed by atoms with Crippen molar-refractivity contribution in [2.75, 3.05) is 50.6 Å². The predicted molar refractivity (Wildman–Crippen MR) is 258 cm³/mol. The summed E-state index contributed by atoms with van der Waals surface area (Å²) in [6.45, 7) is 14.8. The van der Waals surface area contributed by atoms with E-state index in [1.807, 2.05) is 60.7 Å². The molecule has 0 unspecified atom stereocenters. The second-order valence-electron chi connectivity index (χ2n) is 15.2. The standard InChI is InChI=1S/C22H28N4O7S.C14H22N4O5S.C8H7ClO2/c1-5-30-18(27)17(26-32-12-11-23-20(28)33-22(2,3)4)16-14-34-19(24-16)25-21(29)31-13-15-9-7-6-8-10-15;1-5-21-11(19)10(9-8-24-12(15)17-9)18-22-7-6-16-13(20)23-14(2,3)4;9-8(10)11-6-7-4-2-1-3-5-7/h6-10,14H,5,11-13H2,1-4H3,(H,23,28)(H,24,25,29);8H,5-7H2,1-4H3,(H2,15,17)(H,16,20);1-5H,6H2/b26-17-;18-10-;. The molecule has 25 heteroatoms. The van der Waals surface area contributed by atoms with E-state index in [1.54, 1.807) is 60.8 Å². The highest BCUT2D eigenvalue weighted by Crippen LogP contribution is 2.18. The average Bonchev–Trinajstić information content (AvgIpc) is 3.93. The number of halogens is 1. The maximum Gasteiger partial charge on any atom is 0.413 e. The summed E-state index contributed by atoms with van der Waals surface area (Å²) in [5.41, 5.74) is 5.52. The van der Waals surface area contributed by atoms with Crippen molar-refractivity contribution in [3.8, 4) is 0 Å². The quantitative estimate of drug-likeness (QED) is 0.0174. The van der Waals surface area contributed by atoms with Crippen molar-refractivity contribution >= 4 is 91.6 Å². The van der Waals surface area contributed by atoms with E-state index >= 15 is 0 Å². The SMILES string of the molecule is CCOC(=O)/C(=N\OCCNC(=O)OC(C)(C)C)c1csc(N)n1.CCOC(=O)/C(=N\OCCNC(=O)OC(C)(C)C)c1csc(NC(=O)OCc2ccccc2)n1.O=C(Cl)OCc1ccccc1. The molecular formula is C44H57ClN8O14S2. The molecule has 0 radical (unpaired) electrons. The summed E-state index contributed by atoms with van der Waals surface area (Å²) in [4.78, 5) is 87.8. The number of benzene rings is 2. The number of carbonyl (C=O) groups is 6. The number of hydrogen-bond donors (Lipinski definition) is 4. The van der Waals surface area contributed by atoms with Crippen LogP contribution in [0.4, 0.5) is 29.4 Å². The number of nitrogens with zero attached hydrogens (tertiary/aromatic N) is 4. The number of thiazole rings is 2. The third-order valence-corrected chi connectivity index (χ3v) is 8.64. The highest BCUT2D eigenvalue weighted by atomic mass is 35.5. The number of carbonyl (C=O) groups excluding carboxylic acids is 6. The summed E-state index contributed by atoms with van der Waals surface area (Å²) in [5.74, 6) is -1.41. The number of anilines is 2. The van der Waals surface area contributed by atoms with Gasteiger partial charge in [-0.3, -0.25) is 5.32 Å². The molecule has 22 nitrogen and oxygen atoms in total. The van der Waals surface area contributed by atoms with Crippen molar-refractivity contribution in [1.29, 1.82) is 0 Å². The summed E-state index contributed by atoms with van der Waals surface area (Å²) in [6, 6.07) is 18.6. The largest absolute Gasteiger partial charge is 0.461 e. The molecule has 0 aliphatic heterocycles. The minimum absolute atomic E-state index is 0.0246. The molecular weight excluding hydrogens is 964 g/mol. The molecule has 0 fully saturated rings. The van der Waals surface area contributed by atoms with E-state index in [0.29, 0.717) is 5.13 Å². The van der Waals surface area contributed by atoms with Crippen LogP contribution in [0.3, 0.4) is 0 Å². The Bertz CT molecular complexity index is 2280. The number of hydrogen-bond acceptors (Lipinski definition) is 21. The number of amides is 3. The van der Waals surface area contributed by atoms with Gasteiger partial charge in [-0.2, -0.15) is 0 Å². The maximum atomic E-state index is 12.3. The van der Waals surface area contributed by atoms with E-state index in [9.17, 15) is 28.8 Å². The molecule has 0 saturated carbocycles. The second-order valence-corrected chi connectivity index (χ2v) is 17.2. The highest BCUT2D eigenvalue weighted by Gasteiger charge is 2.22. The van der Waals surface area contributed by atoms with Gasteiger partial charge < -0.3 is 54.5 Å². The van der Waals surface area contributed by atoms with E-state index in [4.69, 9.17) is 50.7 Å². The number of alkyl carbamates (subject to hydrolysis) is 2. The Balaban J connectivity index is 0.000000402. The molecule has 5 N–H and O–H groups in total. The normalized spacial score (nSPS) is 11.1. The molecule has 69 heavy (non-hydrogen) atoms. The van der Waals surface area contributed by atoms with Crippen LogP contribution in [-0.4, -0.2) is 108 Å². The van der Waals surface area contributed by atoms with Gasteiger partial charge in [0.05, 0.1) is 26.3 Å². The van der Waals surface area contributed by atoms with Gasteiger partial charge in [-0.05, 0) is 66.5 Å². The first-order valence-corrected chi connectivity index (χ1v) is 23.0. The molecule has 0 atom stereocenters. The predicted octanol–water partition coefficient (Wildman–Crippen LogP) is 7.80. The van der Waals surface area contributed by atoms with Gasteiger partial charge in [0.15, 0.2) is 10.3 Å². The Kier molecular flexibility index (Phi) is 26.2. The third-order valence-electron chi connectivity index (χ3n) is 7.10. The van der Waals surface area contributed by atoms with Gasteiger partial charge in [-0.25, -0.2) is 38.7 Å². The van der Waals surface area contributed by atoms with E-state index in [2.05, 4.69) is 41.0 Å². The molecule has 0 aliphatic rings. The van der Waals surface area contributed by atoms with Crippen molar-refractivity contribution in [2.45, 2.75) is 79.8 Å². The molecule has 2 aromatic heterocycles. The third kappa shape index (κ3) is 26.8. The number of aromatic nitrogens is 2. The van der Waals surface area contributed by atoms with Crippen LogP contribution in [0, 0.1) is 0 Å². The zero-order valence-electron chi connectivity index (χ0n) is 39.4. The molecule has 4 rings (SSSR count). The fraction of sp³-hybridized carbons (Fsp3) is 0.409. The molecule has 0 saturated heterocycles. The van der Waals surface area contributed by atoms with Gasteiger partial charge in [0.2, 0.25) is 11.4 Å². The number of ether oxygens (including phenoxy) is 6. The second kappa shape index (κ2) is 31.1. The van der Waals surface area contributed by atoms with E-state index in [-0.39, 0.29) is 80.7 Å². The monoisotopic (exact) mass is 1020 g/mol. The Morgan fingerprint density at radius 1 is 0.623 bits per heavy atom. The summed E-state index contributed by atoms with van der Waals surface area (Å²) in [7, 11) is 0. The average molecular weight is 1020 g/mol. The fourth-order valence-electron chi connectivity index (χ4n) is 4.42. The van der Waals surface area contributed by atoms with Gasteiger partial charge in [0, 0.05) is 22.4 Å². The molecule has 2 aromatic carbocycles. The number of nitrogens with two attached hydrogens (primary N) is 1. The van der Waals surface area contributed by atoms with Crippen LogP contribution in [0.2, 0.25) is 0 Å². The fourth-order valence-corrected chi connectivity index (χ4v) is 5.70. The summed E-state index contributed by atoms with van der Waals surface area (Å²) < 4.78 is 29.8. The van der Waals surface area contributed by atoms with Crippen LogP contribution < -0.4 is 21.7 Å². The van der Waals surface area contributed by atoms with Crippen LogP contribution in [0.5, 0.6) is 0 Å². The molecule has 0 aliphatic carbocycles. The molecule has 0 spiro atoms. The van der Waals surface area contributed by atoms with Crippen molar-refractivity contribution in [3.63, 3.8) is 0 Å². The minimum atomic E-state index is -0.770. The number of rotatable bonds is 19. The van der Waals surface area contributed by atoms with Gasteiger partial charge in [0.1, 0.15) is 49.0 Å². The molecule has 376 valence electrons. The Morgan fingerprint density at radius 2 is 1.06 bits per heavy atom. The minimum Gasteiger partial charge on any atom is -0.461 e. The lowest BCUT2D eigenvalue weighted by Crippen LogP contribution is -2.34. The molecule has 3 amide bonds. The molecule has 2 heterocycles. The van der Waals surface area contributed by atoms with Crippen LogP contribution in [-0.2, 0) is 60.9 Å². The van der Waals surface area contributed by atoms with Gasteiger partial charge >= 0.3 is 35.6 Å². The van der Waals surface area contributed by atoms with Gasteiger partial charge in [-0.15, -0.1) is 22.7 Å². The maximum absolute atomic E-state index is 12.3. The Labute approximate surface area is 412 Å². The van der Waals surface area contributed by atoms with Crippen LogP contribution in [0.1, 0.15) is 77.9 Å². The van der Waals surface area contributed by atoms with Gasteiger partial charge in [0.25, 0.3) is 0 Å². The van der Waals surface area contributed by atoms with Crippen LogP contribution in [0.15, 0.2) is 81.7 Å². The number of nitrogens with one attached hydrogen (secondary N) is 3. The highest BCUT2D eigenvalue weighted by molar-refractivity contribution is 7.14. The van der Waals surface area contributed by atoms with Crippen molar-refractivity contribution < 1.29 is 66.9 Å². The van der Waals surface area contributed by atoms with Crippen molar-refractivity contribution in [2.24, 2.45) is 10.3 Å². The summed E-state index contributed by atoms with van der Waals surface area (Å²) in [5, 5.41) is 18.7. The number of esters is 2. The summed E-state index contributed by atoms with van der Waals surface area (Å²) in [6.07, 6.45) is -1.85. The first-order valence-electron chi connectivity index (χ1n) is 20.9. The molecule has 4 aromatic rings. The van der Waals surface area contributed by atoms with E-state index in [0.717, 1.165) is 22.5 Å². The first-order chi connectivity index (χ1) is 32.7. The van der Waals surface area contributed by atoms with Crippen molar-refractivity contribution in [3.05, 3.63) is 93.9 Å². The van der Waals surface area contributed by atoms with Crippen LogP contribution in [0.25, 0.3) is 0 Å². The van der Waals surface area contributed by atoms with Crippen molar-refractivity contribution in [1.82, 2.24) is 20.6 Å². The zero-order chi connectivity index (χ0) is 51.2. The van der Waals surface area contributed by atoms with E-state index < -0.39 is 46.8 Å². The van der Waals surface area contributed by atoms with E-state index in [1.165, 1.54) is 16.7 Å². The number of oxime groups is 2. The smallest absolute Gasteiger partial charge is 0.413 e. The number of nitrogen functional groups attached to an aromatic ring is 1. The first kappa shape index (κ1) is 58.1. The lowest BCUT2D eigenvalue weighted by molar-refractivity contribution is -0.136.